The minimum Gasteiger partial charge on any atom is -0.462 e. The number of ether oxygens (including phenoxy) is 3. The Morgan fingerprint density at radius 2 is 0.695 bits per heavy atom. The minimum atomic E-state index is -0.840. The molecule has 0 aliphatic heterocycles. The van der Waals surface area contributed by atoms with Gasteiger partial charge in [-0.3, -0.25) is 14.4 Å². The number of hydrogen-bond acceptors (Lipinski definition) is 6. The zero-order valence-electron chi connectivity index (χ0n) is 37.5. The number of rotatable bonds is 39. The van der Waals surface area contributed by atoms with Gasteiger partial charge in [0.25, 0.3) is 0 Å². The molecule has 0 radical (unpaired) electrons. The zero-order valence-corrected chi connectivity index (χ0v) is 37.5. The van der Waals surface area contributed by atoms with Crippen molar-refractivity contribution in [2.24, 2.45) is 0 Å². The lowest BCUT2D eigenvalue weighted by molar-refractivity contribution is -0.166. The van der Waals surface area contributed by atoms with Gasteiger partial charge in [0.1, 0.15) is 13.2 Å². The van der Waals surface area contributed by atoms with E-state index in [2.05, 4.69) is 130 Å². The van der Waals surface area contributed by atoms with Crippen LogP contribution in [0.4, 0.5) is 0 Å². The van der Waals surface area contributed by atoms with Crippen LogP contribution in [-0.4, -0.2) is 37.2 Å². The van der Waals surface area contributed by atoms with Gasteiger partial charge in [-0.05, 0) is 109 Å². The molecule has 0 amide bonds. The topological polar surface area (TPSA) is 78.9 Å². The molecule has 0 aromatic carbocycles. The molecule has 0 saturated heterocycles. The van der Waals surface area contributed by atoms with Gasteiger partial charge in [-0.15, -0.1) is 0 Å². The van der Waals surface area contributed by atoms with Crippen molar-refractivity contribution in [2.45, 2.75) is 181 Å². The lowest BCUT2D eigenvalue weighted by Gasteiger charge is -2.18. The molecule has 0 aromatic heterocycles. The van der Waals surface area contributed by atoms with E-state index in [4.69, 9.17) is 14.2 Å². The molecule has 0 spiro atoms. The number of allylic oxidation sites excluding steroid dienone is 20. The van der Waals surface area contributed by atoms with E-state index < -0.39 is 12.1 Å². The van der Waals surface area contributed by atoms with E-state index in [0.29, 0.717) is 19.3 Å². The van der Waals surface area contributed by atoms with Crippen LogP contribution in [0.2, 0.25) is 0 Å². The first-order valence-corrected chi connectivity index (χ1v) is 23.0. The summed E-state index contributed by atoms with van der Waals surface area (Å²) < 4.78 is 16.6. The highest BCUT2D eigenvalue weighted by Crippen LogP contribution is 2.11. The Morgan fingerprint density at radius 1 is 0.356 bits per heavy atom. The molecule has 0 fully saturated rings. The highest BCUT2D eigenvalue weighted by atomic mass is 16.6. The van der Waals surface area contributed by atoms with E-state index in [0.717, 1.165) is 116 Å². The van der Waals surface area contributed by atoms with Crippen molar-refractivity contribution in [3.8, 4) is 0 Å². The summed E-state index contributed by atoms with van der Waals surface area (Å²) in [6, 6.07) is 0. The quantitative estimate of drug-likeness (QED) is 0.0266. The molecule has 0 bridgehead atoms. The van der Waals surface area contributed by atoms with Gasteiger partial charge in [0, 0.05) is 19.3 Å². The number of hydrogen-bond donors (Lipinski definition) is 0. The Balaban J connectivity index is 4.60. The van der Waals surface area contributed by atoms with Crippen molar-refractivity contribution in [2.75, 3.05) is 13.2 Å². The first-order chi connectivity index (χ1) is 29.0. The van der Waals surface area contributed by atoms with Crippen molar-refractivity contribution in [1.82, 2.24) is 0 Å². The third-order valence-corrected chi connectivity index (χ3v) is 8.93. The molecule has 6 heteroatoms. The molecule has 0 saturated carbocycles. The summed E-state index contributed by atoms with van der Waals surface area (Å²) >= 11 is 0. The predicted molar refractivity (Wildman–Crippen MR) is 251 cm³/mol. The van der Waals surface area contributed by atoms with Crippen LogP contribution in [0, 0.1) is 0 Å². The Labute approximate surface area is 361 Å². The zero-order chi connectivity index (χ0) is 43.0. The lowest BCUT2D eigenvalue weighted by Crippen LogP contribution is -2.30. The maximum Gasteiger partial charge on any atom is 0.306 e. The van der Waals surface area contributed by atoms with Crippen LogP contribution in [-0.2, 0) is 28.6 Å². The van der Waals surface area contributed by atoms with Crippen LogP contribution in [0.5, 0.6) is 0 Å². The van der Waals surface area contributed by atoms with Gasteiger partial charge in [0.2, 0.25) is 0 Å². The predicted octanol–water partition coefficient (Wildman–Crippen LogP) is 15.0. The average molecular weight is 815 g/mol. The smallest absolute Gasteiger partial charge is 0.306 e. The van der Waals surface area contributed by atoms with Crippen molar-refractivity contribution in [3.63, 3.8) is 0 Å². The molecule has 1 atom stereocenters. The summed E-state index contributed by atoms with van der Waals surface area (Å²) in [7, 11) is 0. The third kappa shape index (κ3) is 44.8. The molecular weight excluding hydrogens is 733 g/mol. The van der Waals surface area contributed by atoms with Gasteiger partial charge >= 0.3 is 17.9 Å². The second-order valence-corrected chi connectivity index (χ2v) is 14.5. The first-order valence-electron chi connectivity index (χ1n) is 23.0. The molecule has 59 heavy (non-hydrogen) atoms. The molecule has 0 rings (SSSR count). The molecule has 330 valence electrons. The number of carbonyl (C=O) groups is 3. The maximum atomic E-state index is 12.7. The highest BCUT2D eigenvalue weighted by molar-refractivity contribution is 5.71. The van der Waals surface area contributed by atoms with Crippen LogP contribution in [0.25, 0.3) is 0 Å². The fourth-order valence-electron chi connectivity index (χ4n) is 5.54. The molecule has 0 heterocycles. The largest absolute Gasteiger partial charge is 0.462 e. The Bertz CT molecular complexity index is 1300. The third-order valence-electron chi connectivity index (χ3n) is 8.93. The van der Waals surface area contributed by atoms with Crippen LogP contribution >= 0.6 is 0 Å². The molecule has 1 unspecified atom stereocenters. The van der Waals surface area contributed by atoms with Gasteiger partial charge in [-0.2, -0.15) is 0 Å². The minimum absolute atomic E-state index is 0.131. The molecule has 0 aliphatic rings. The van der Waals surface area contributed by atoms with Crippen LogP contribution in [0.15, 0.2) is 122 Å². The van der Waals surface area contributed by atoms with Crippen molar-refractivity contribution in [3.05, 3.63) is 122 Å². The molecule has 0 aliphatic carbocycles. The van der Waals surface area contributed by atoms with Gasteiger partial charge in [0.15, 0.2) is 6.10 Å². The van der Waals surface area contributed by atoms with E-state index >= 15 is 0 Å². The maximum absolute atomic E-state index is 12.7. The van der Waals surface area contributed by atoms with Crippen LogP contribution in [0.1, 0.15) is 175 Å². The molecule has 6 nitrogen and oxygen atoms in total. The summed E-state index contributed by atoms with van der Waals surface area (Å²) in [6.45, 7) is 6.19. The van der Waals surface area contributed by atoms with Gasteiger partial charge in [-0.1, -0.05) is 168 Å². The van der Waals surface area contributed by atoms with E-state index in [1.807, 2.05) is 12.2 Å². The first kappa shape index (κ1) is 54.8. The fourth-order valence-corrected chi connectivity index (χ4v) is 5.54. The SMILES string of the molecule is CC/C=C\C/C=C\C/C=C\C/C=C\CCCCC(=O)OCC(COC(=O)CCCCCCC/C=C\C/C=C\CCC)OC(=O)CC/C=C\C/C=C\C/C=C\C/C=C\CC. The Hall–Kier alpha value is -4.19. The molecular formula is C53H82O6. The number of unbranched alkanes of at least 4 members (excludes halogenated alkanes) is 8. The second kappa shape index (κ2) is 46.5. The van der Waals surface area contributed by atoms with E-state index in [1.165, 1.54) is 6.42 Å². The second-order valence-electron chi connectivity index (χ2n) is 14.5. The van der Waals surface area contributed by atoms with Gasteiger partial charge in [-0.25, -0.2) is 0 Å². The summed E-state index contributed by atoms with van der Waals surface area (Å²) in [6.07, 6.45) is 63.4. The average Bonchev–Trinajstić information content (AvgIpc) is 3.23. The molecule has 0 aromatic rings. The number of carbonyl (C=O) groups excluding carboxylic acids is 3. The normalized spacial score (nSPS) is 13.2. The lowest BCUT2D eigenvalue weighted by atomic mass is 10.1. The monoisotopic (exact) mass is 815 g/mol. The summed E-state index contributed by atoms with van der Waals surface area (Å²) in [4.78, 5) is 37.8. The van der Waals surface area contributed by atoms with Crippen LogP contribution in [0.3, 0.4) is 0 Å². The van der Waals surface area contributed by atoms with E-state index in [1.54, 1.807) is 0 Å². The summed E-state index contributed by atoms with van der Waals surface area (Å²) in [5.74, 6) is -1.08. The van der Waals surface area contributed by atoms with Crippen LogP contribution < -0.4 is 0 Å². The number of esters is 3. The van der Waals surface area contributed by atoms with Gasteiger partial charge < -0.3 is 14.2 Å². The van der Waals surface area contributed by atoms with Gasteiger partial charge in [0.05, 0.1) is 0 Å². The molecule has 0 N–H and O–H groups in total. The standard InChI is InChI=1S/C53H82O6/c1-4-7-10-13-16-19-22-25-26-29-31-34-37-40-43-46-52(55)58-49-50(59-53(56)47-44-41-38-35-32-28-24-21-18-15-12-9-6-3)48-57-51(54)45-42-39-36-33-30-27-23-20-17-14-11-8-5-2/h7,9-12,14,16,18-21,23,25-26,28,31-32,34,38,41,50H,4-6,8,13,15,17,22,24,27,29-30,33,35-37,39-40,42-49H2,1-3H3/b10-7-,12-9-,14-11-,19-16-,21-18-,23-20-,26-25-,32-28-,34-31-,41-38-. The highest BCUT2D eigenvalue weighted by Gasteiger charge is 2.19. The summed E-state index contributed by atoms with van der Waals surface area (Å²) in [5.41, 5.74) is 0. The van der Waals surface area contributed by atoms with Crippen molar-refractivity contribution >= 4 is 17.9 Å². The van der Waals surface area contributed by atoms with E-state index in [9.17, 15) is 14.4 Å². The fraction of sp³-hybridized carbons (Fsp3) is 0.566. The van der Waals surface area contributed by atoms with Crippen molar-refractivity contribution < 1.29 is 28.6 Å². The summed E-state index contributed by atoms with van der Waals surface area (Å²) in [5, 5.41) is 0. The Kier molecular flexibility index (Phi) is 43.2. The Morgan fingerprint density at radius 3 is 1.14 bits per heavy atom. The van der Waals surface area contributed by atoms with E-state index in [-0.39, 0.29) is 38.0 Å². The van der Waals surface area contributed by atoms with Crippen molar-refractivity contribution in [1.29, 1.82) is 0 Å².